The Balaban J connectivity index is 1.15. The molecule has 2 heterocycles. The molecular formula is C41H66O13. The summed E-state index contributed by atoms with van der Waals surface area (Å²) in [4.78, 5) is 13.0. The van der Waals surface area contributed by atoms with E-state index in [1.54, 1.807) is 0 Å². The molecule has 0 aromatic rings. The van der Waals surface area contributed by atoms with Crippen LogP contribution in [0.1, 0.15) is 106 Å². The molecule has 7 rings (SSSR count). The molecule has 308 valence electrons. The second-order valence-corrected chi connectivity index (χ2v) is 20.1. The van der Waals surface area contributed by atoms with Gasteiger partial charge in [0.05, 0.1) is 31.3 Å². The van der Waals surface area contributed by atoms with Gasteiger partial charge in [0.1, 0.15) is 42.7 Å². The van der Waals surface area contributed by atoms with Gasteiger partial charge < -0.3 is 59.8 Å². The third kappa shape index (κ3) is 5.92. The van der Waals surface area contributed by atoms with Gasteiger partial charge in [-0.3, -0.25) is 4.79 Å². The van der Waals surface area contributed by atoms with E-state index in [-0.39, 0.29) is 46.7 Å². The minimum Gasteiger partial charge on any atom is -0.481 e. The highest BCUT2D eigenvalue weighted by Crippen LogP contribution is 2.76. The molecule has 0 spiro atoms. The smallest absolute Gasteiger partial charge is 0.310 e. The average Bonchev–Trinajstić information content (AvgIpc) is 3.12. The number of allylic oxidation sites excluding steroid dienone is 2. The van der Waals surface area contributed by atoms with Crippen molar-refractivity contribution in [2.75, 3.05) is 19.8 Å². The van der Waals surface area contributed by atoms with Crippen LogP contribution in [0.3, 0.4) is 0 Å². The van der Waals surface area contributed by atoms with Crippen LogP contribution in [-0.4, -0.2) is 128 Å². The van der Waals surface area contributed by atoms with Gasteiger partial charge in [-0.15, -0.1) is 0 Å². The number of rotatable bonds is 7. The highest BCUT2D eigenvalue weighted by Gasteiger charge is 2.70. The molecule has 0 bridgehead atoms. The highest BCUT2D eigenvalue weighted by molar-refractivity contribution is 5.76. The van der Waals surface area contributed by atoms with Crippen LogP contribution in [0.2, 0.25) is 0 Å². The first-order chi connectivity index (χ1) is 25.2. The molecular weight excluding hydrogens is 700 g/mol. The number of carboxylic acids is 1. The average molecular weight is 767 g/mol. The third-order valence-electron chi connectivity index (χ3n) is 17.0. The summed E-state index contributed by atoms with van der Waals surface area (Å²) in [6.45, 7) is 12.8. The Labute approximate surface area is 319 Å². The first kappa shape index (κ1) is 40.9. The van der Waals surface area contributed by atoms with Gasteiger partial charge in [0.2, 0.25) is 0 Å². The van der Waals surface area contributed by atoms with Gasteiger partial charge in [0, 0.05) is 5.41 Å². The zero-order chi connectivity index (χ0) is 39.4. The number of fused-ring (bicyclic) bond motifs is 7. The van der Waals surface area contributed by atoms with E-state index >= 15 is 0 Å². The summed E-state index contributed by atoms with van der Waals surface area (Å²) < 4.78 is 24.1. The van der Waals surface area contributed by atoms with Crippen molar-refractivity contribution in [2.45, 2.75) is 167 Å². The molecule has 13 nitrogen and oxygen atoms in total. The van der Waals surface area contributed by atoms with Crippen LogP contribution in [-0.2, 0) is 23.7 Å². The molecule has 2 aliphatic heterocycles. The molecule has 6 fully saturated rings. The maximum atomic E-state index is 13.0. The van der Waals surface area contributed by atoms with Gasteiger partial charge in [0.25, 0.3) is 0 Å². The van der Waals surface area contributed by atoms with Crippen molar-refractivity contribution in [1.29, 1.82) is 0 Å². The van der Waals surface area contributed by atoms with Crippen molar-refractivity contribution in [3.63, 3.8) is 0 Å². The maximum Gasteiger partial charge on any atom is 0.310 e. The number of carbonyl (C=O) groups is 1. The number of ether oxygens (including phenoxy) is 4. The molecule has 0 aromatic heterocycles. The molecule has 8 N–H and O–H groups in total. The van der Waals surface area contributed by atoms with Crippen LogP contribution in [0, 0.1) is 50.2 Å². The third-order valence-corrected chi connectivity index (χ3v) is 17.0. The molecule has 18 atom stereocenters. The molecule has 0 radical (unpaired) electrons. The maximum absolute atomic E-state index is 13.0. The first-order valence-electron chi connectivity index (χ1n) is 20.4. The Morgan fingerprint density at radius 3 is 2.19 bits per heavy atom. The van der Waals surface area contributed by atoms with Crippen molar-refractivity contribution in [3.05, 3.63) is 11.6 Å². The summed E-state index contributed by atoms with van der Waals surface area (Å²) in [5, 5.41) is 84.7. The van der Waals surface area contributed by atoms with Crippen molar-refractivity contribution in [2.24, 2.45) is 50.2 Å². The lowest BCUT2D eigenvalue weighted by Gasteiger charge is -2.71. The molecule has 0 amide bonds. The van der Waals surface area contributed by atoms with Crippen molar-refractivity contribution in [3.8, 4) is 0 Å². The van der Waals surface area contributed by atoms with Crippen molar-refractivity contribution >= 4 is 5.97 Å². The molecule has 4 saturated carbocycles. The zero-order valence-electron chi connectivity index (χ0n) is 32.9. The van der Waals surface area contributed by atoms with Gasteiger partial charge in [-0.25, -0.2) is 0 Å². The fraction of sp³-hybridized carbons (Fsp3) is 0.927. The Bertz CT molecular complexity index is 1450. The molecule has 7 aliphatic rings. The first-order valence-corrected chi connectivity index (χ1v) is 20.4. The molecule has 1 unspecified atom stereocenters. The minimum atomic E-state index is -1.73. The van der Waals surface area contributed by atoms with E-state index in [1.807, 2.05) is 0 Å². The van der Waals surface area contributed by atoms with E-state index in [0.29, 0.717) is 18.8 Å². The largest absolute Gasteiger partial charge is 0.481 e. The normalized spacial score (nSPS) is 54.3. The van der Waals surface area contributed by atoms with Crippen LogP contribution in [0.25, 0.3) is 0 Å². The van der Waals surface area contributed by atoms with Crippen LogP contribution in [0.15, 0.2) is 11.6 Å². The number of hydrogen-bond acceptors (Lipinski definition) is 12. The summed E-state index contributed by atoms with van der Waals surface area (Å²) in [7, 11) is 0. The number of aliphatic hydroxyl groups is 7. The summed E-state index contributed by atoms with van der Waals surface area (Å²) in [5.41, 5.74) is -0.367. The van der Waals surface area contributed by atoms with Crippen LogP contribution in [0.4, 0.5) is 0 Å². The SMILES string of the molecule is CC1(C)CC[C@]2(C(=O)O)CC[C@]3(C)C(=CC[C@@H]4[C@@]5(C)CCC(O[C@@H]6OC[C@H](O)[C@H](O)[C@H]6O[C@@H]6O[C@H](CO)[C@@H](O)[C@H](O)[C@H]6O)[C@@](C)(CO)[C@@H]5CC[C@]43C)[C@@H]2C1. The number of hydrogen-bond donors (Lipinski definition) is 8. The summed E-state index contributed by atoms with van der Waals surface area (Å²) in [6, 6.07) is 0. The molecule has 2 saturated heterocycles. The Morgan fingerprint density at radius 1 is 0.815 bits per heavy atom. The van der Waals surface area contributed by atoms with Crippen LogP contribution in [0.5, 0.6) is 0 Å². The van der Waals surface area contributed by atoms with E-state index in [0.717, 1.165) is 51.4 Å². The fourth-order valence-corrected chi connectivity index (χ4v) is 13.4. The van der Waals surface area contributed by atoms with Gasteiger partial charge in [-0.2, -0.15) is 0 Å². The Hall–Kier alpha value is -1.23. The molecule has 13 heteroatoms. The van der Waals surface area contributed by atoms with E-state index in [2.05, 4.69) is 47.6 Å². The molecule has 5 aliphatic carbocycles. The standard InChI is InChI=1S/C41H66O13/c1-36(2)13-15-41(35(49)50)16-14-39(5)21(22(41)17-36)7-8-26-37(3)11-10-27(38(4,20-43)25(37)9-12-40(26,39)6)53-34-32(28(45)23(44)19-51-34)54-33-31(48)30(47)29(46)24(18-42)52-33/h7,22-34,42-48H,8-20H2,1-6H3,(H,49,50)/t22-,23-,24+,25+,26+,27?,28-,29+,30-,31+,32+,33-,34-,37-,38-,39+,40+,41-/m0/s1. The lowest BCUT2D eigenvalue weighted by atomic mass is 9.33. The van der Waals surface area contributed by atoms with Gasteiger partial charge in [-0.1, -0.05) is 53.2 Å². The van der Waals surface area contributed by atoms with E-state index < -0.39 is 84.8 Å². The van der Waals surface area contributed by atoms with Gasteiger partial charge in [-0.05, 0) is 104 Å². The van der Waals surface area contributed by atoms with Crippen LogP contribution >= 0.6 is 0 Å². The number of aliphatic carboxylic acids is 1. The van der Waals surface area contributed by atoms with Gasteiger partial charge in [0.15, 0.2) is 12.6 Å². The Morgan fingerprint density at radius 2 is 1.52 bits per heavy atom. The topological polar surface area (TPSA) is 216 Å². The van der Waals surface area contributed by atoms with Gasteiger partial charge >= 0.3 is 5.97 Å². The predicted molar refractivity (Wildman–Crippen MR) is 193 cm³/mol. The predicted octanol–water partition coefficient (Wildman–Crippen LogP) is 2.49. The summed E-state index contributed by atoms with van der Waals surface area (Å²) in [6.07, 6.45) is -3.32. The minimum absolute atomic E-state index is 0.0233. The number of carboxylic acid groups (broad SMARTS) is 1. The quantitative estimate of drug-likeness (QED) is 0.138. The Kier molecular flexibility index (Phi) is 10.6. The monoisotopic (exact) mass is 766 g/mol. The summed E-state index contributed by atoms with van der Waals surface area (Å²) in [5.74, 6) is -0.265. The lowest BCUT2D eigenvalue weighted by Crippen LogP contribution is -2.67. The van der Waals surface area contributed by atoms with Crippen molar-refractivity contribution in [1.82, 2.24) is 0 Å². The van der Waals surface area contributed by atoms with E-state index in [1.165, 1.54) is 5.57 Å². The lowest BCUT2D eigenvalue weighted by molar-refractivity contribution is -0.368. The molecule has 54 heavy (non-hydrogen) atoms. The summed E-state index contributed by atoms with van der Waals surface area (Å²) >= 11 is 0. The molecule has 0 aromatic carbocycles. The second-order valence-electron chi connectivity index (χ2n) is 20.1. The number of aliphatic hydroxyl groups excluding tert-OH is 7. The second kappa shape index (κ2) is 14.0. The fourth-order valence-electron chi connectivity index (χ4n) is 13.4. The highest BCUT2D eigenvalue weighted by atomic mass is 16.8. The zero-order valence-corrected chi connectivity index (χ0v) is 32.9. The van der Waals surface area contributed by atoms with E-state index in [9.17, 15) is 45.6 Å². The van der Waals surface area contributed by atoms with E-state index in [4.69, 9.17) is 18.9 Å². The van der Waals surface area contributed by atoms with Crippen molar-refractivity contribution < 1.29 is 64.6 Å². The van der Waals surface area contributed by atoms with Crippen LogP contribution < -0.4 is 0 Å².